The largest absolute Gasteiger partial charge is 0.365 e. The molecule has 0 fully saturated rings. The van der Waals surface area contributed by atoms with E-state index >= 15 is 0 Å². The van der Waals surface area contributed by atoms with Crippen molar-refractivity contribution in [2.45, 2.75) is 39.8 Å². The Labute approximate surface area is 136 Å². The van der Waals surface area contributed by atoms with E-state index in [2.05, 4.69) is 53.4 Å². The predicted octanol–water partition coefficient (Wildman–Crippen LogP) is 2.91. The second-order valence-corrected chi connectivity index (χ2v) is 7.10. The predicted molar refractivity (Wildman–Crippen MR) is 92.7 cm³/mol. The van der Waals surface area contributed by atoms with Crippen LogP contribution in [0.15, 0.2) is 22.7 Å². The van der Waals surface area contributed by atoms with E-state index < -0.39 is 0 Å². The van der Waals surface area contributed by atoms with Crippen LogP contribution in [0.1, 0.15) is 33.3 Å². The van der Waals surface area contributed by atoms with E-state index in [0.717, 1.165) is 16.7 Å². The quantitative estimate of drug-likeness (QED) is 0.824. The first-order chi connectivity index (χ1) is 9.73. The zero-order valence-electron chi connectivity index (χ0n) is 13.6. The third-order valence-corrected chi connectivity index (χ3v) is 3.51. The zero-order chi connectivity index (χ0) is 16.0. The van der Waals surface area contributed by atoms with Gasteiger partial charge >= 0.3 is 0 Å². The van der Waals surface area contributed by atoms with Gasteiger partial charge in [0, 0.05) is 35.8 Å². The molecule has 0 unspecified atom stereocenters. The van der Waals surface area contributed by atoms with Crippen molar-refractivity contribution in [3.8, 4) is 0 Å². The third-order valence-electron chi connectivity index (χ3n) is 3.02. The average molecular weight is 356 g/mol. The molecular formula is C16H26BrN3O. The van der Waals surface area contributed by atoms with Gasteiger partial charge in [0.1, 0.15) is 0 Å². The summed E-state index contributed by atoms with van der Waals surface area (Å²) in [6.45, 7) is 10.1. The molecule has 1 aromatic rings. The Morgan fingerprint density at radius 2 is 2.00 bits per heavy atom. The molecule has 4 nitrogen and oxygen atoms in total. The van der Waals surface area contributed by atoms with Gasteiger partial charge in [-0.2, -0.15) is 0 Å². The molecule has 0 atom stereocenters. The molecule has 5 heteroatoms. The van der Waals surface area contributed by atoms with Gasteiger partial charge in [-0.05, 0) is 51.5 Å². The third kappa shape index (κ3) is 6.48. The van der Waals surface area contributed by atoms with Crippen molar-refractivity contribution in [2.75, 3.05) is 25.0 Å². The normalized spacial score (nSPS) is 11.3. The molecule has 0 aliphatic carbocycles. The van der Waals surface area contributed by atoms with Crippen molar-refractivity contribution < 1.29 is 4.79 Å². The molecule has 1 amide bonds. The van der Waals surface area contributed by atoms with Crippen LogP contribution in [0.25, 0.3) is 0 Å². The van der Waals surface area contributed by atoms with Gasteiger partial charge in [0.05, 0.1) is 6.54 Å². The van der Waals surface area contributed by atoms with Crippen LogP contribution in [0.5, 0.6) is 0 Å². The van der Waals surface area contributed by atoms with E-state index in [1.165, 1.54) is 5.56 Å². The van der Waals surface area contributed by atoms with Crippen LogP contribution in [0.3, 0.4) is 0 Å². The number of halogens is 1. The summed E-state index contributed by atoms with van der Waals surface area (Å²) in [6, 6.07) is 6.15. The maximum atomic E-state index is 11.7. The summed E-state index contributed by atoms with van der Waals surface area (Å²) in [5.74, 6) is 0.0395. The molecule has 0 saturated carbocycles. The fraction of sp³-hybridized carbons (Fsp3) is 0.562. The minimum atomic E-state index is 0.0395. The van der Waals surface area contributed by atoms with Gasteiger partial charge in [-0.3, -0.25) is 4.79 Å². The fourth-order valence-corrected chi connectivity index (χ4v) is 2.39. The fourth-order valence-electron chi connectivity index (χ4n) is 1.98. The molecule has 0 aliphatic rings. The van der Waals surface area contributed by atoms with Crippen molar-refractivity contribution in [3.05, 3.63) is 28.2 Å². The number of nitrogens with zero attached hydrogens (tertiary/aromatic N) is 1. The van der Waals surface area contributed by atoms with E-state index in [0.29, 0.717) is 13.1 Å². The highest BCUT2D eigenvalue weighted by Crippen LogP contribution is 2.24. The summed E-state index contributed by atoms with van der Waals surface area (Å²) < 4.78 is 1.04. The molecule has 0 spiro atoms. The van der Waals surface area contributed by atoms with Crippen LogP contribution in [0.2, 0.25) is 0 Å². The number of amides is 1. The Morgan fingerprint density at radius 1 is 1.33 bits per heavy atom. The van der Waals surface area contributed by atoms with E-state index in [-0.39, 0.29) is 11.4 Å². The van der Waals surface area contributed by atoms with Gasteiger partial charge in [-0.1, -0.05) is 15.9 Å². The molecule has 118 valence electrons. The maximum Gasteiger partial charge on any atom is 0.239 e. The first-order valence-electron chi connectivity index (χ1n) is 7.24. The van der Waals surface area contributed by atoms with E-state index in [1.54, 1.807) is 0 Å². The SMILES string of the molecule is CCNC(=O)CN(C)c1ccc(Br)cc1CNC(C)(C)C. The number of nitrogens with one attached hydrogen (secondary N) is 2. The first-order valence-corrected chi connectivity index (χ1v) is 8.03. The molecule has 1 aromatic carbocycles. The molecule has 0 aromatic heterocycles. The number of hydrogen-bond acceptors (Lipinski definition) is 3. The lowest BCUT2D eigenvalue weighted by molar-refractivity contribution is -0.119. The maximum absolute atomic E-state index is 11.7. The number of rotatable bonds is 6. The lowest BCUT2D eigenvalue weighted by Gasteiger charge is -2.25. The van der Waals surface area contributed by atoms with Crippen molar-refractivity contribution in [1.82, 2.24) is 10.6 Å². The number of benzene rings is 1. The van der Waals surface area contributed by atoms with Crippen LogP contribution >= 0.6 is 15.9 Å². The van der Waals surface area contributed by atoms with Gasteiger partial charge in [0.15, 0.2) is 0 Å². The Kier molecular flexibility index (Phi) is 6.68. The Balaban J connectivity index is 2.87. The summed E-state index contributed by atoms with van der Waals surface area (Å²) in [5, 5.41) is 6.32. The second kappa shape index (κ2) is 7.80. The van der Waals surface area contributed by atoms with Crippen LogP contribution in [0.4, 0.5) is 5.69 Å². The van der Waals surface area contributed by atoms with Crippen molar-refractivity contribution in [3.63, 3.8) is 0 Å². The summed E-state index contributed by atoms with van der Waals surface area (Å²) >= 11 is 3.52. The molecule has 0 aliphatic heterocycles. The average Bonchev–Trinajstić information content (AvgIpc) is 2.35. The van der Waals surface area contributed by atoms with Crippen LogP contribution in [-0.2, 0) is 11.3 Å². The van der Waals surface area contributed by atoms with Crippen LogP contribution in [-0.4, -0.2) is 31.6 Å². The smallest absolute Gasteiger partial charge is 0.239 e. The number of carbonyl (C=O) groups excluding carboxylic acids is 1. The summed E-state index contributed by atoms with van der Waals surface area (Å²) in [6.07, 6.45) is 0. The number of likely N-dealkylation sites (N-methyl/N-ethyl adjacent to an activating group) is 2. The lowest BCUT2D eigenvalue weighted by Crippen LogP contribution is -2.37. The van der Waals surface area contributed by atoms with E-state index in [4.69, 9.17) is 0 Å². The van der Waals surface area contributed by atoms with Gasteiger partial charge < -0.3 is 15.5 Å². The number of carbonyl (C=O) groups is 1. The molecule has 21 heavy (non-hydrogen) atoms. The summed E-state index contributed by atoms with van der Waals surface area (Å²) in [5.41, 5.74) is 2.30. The standard InChI is InChI=1S/C16H26BrN3O/c1-6-18-15(21)11-20(5)14-8-7-13(17)9-12(14)10-19-16(2,3)4/h7-9,19H,6,10-11H2,1-5H3,(H,18,21). The van der Waals surface area contributed by atoms with Gasteiger partial charge in [-0.15, -0.1) is 0 Å². The summed E-state index contributed by atoms with van der Waals surface area (Å²) in [4.78, 5) is 13.7. The minimum absolute atomic E-state index is 0.0395. The van der Waals surface area contributed by atoms with E-state index in [9.17, 15) is 4.79 Å². The second-order valence-electron chi connectivity index (χ2n) is 6.19. The molecule has 2 N–H and O–H groups in total. The molecule has 1 rings (SSSR count). The zero-order valence-corrected chi connectivity index (χ0v) is 15.2. The van der Waals surface area contributed by atoms with Gasteiger partial charge in [0.2, 0.25) is 5.91 Å². The van der Waals surface area contributed by atoms with E-state index in [1.807, 2.05) is 31.0 Å². The molecule has 0 saturated heterocycles. The lowest BCUT2D eigenvalue weighted by atomic mass is 10.1. The number of anilines is 1. The Bertz CT molecular complexity index is 483. The first kappa shape index (κ1) is 18.0. The van der Waals surface area contributed by atoms with Crippen LogP contribution < -0.4 is 15.5 Å². The van der Waals surface area contributed by atoms with Crippen molar-refractivity contribution in [1.29, 1.82) is 0 Å². The van der Waals surface area contributed by atoms with Crippen molar-refractivity contribution in [2.24, 2.45) is 0 Å². The highest BCUT2D eigenvalue weighted by molar-refractivity contribution is 9.10. The van der Waals surface area contributed by atoms with Crippen molar-refractivity contribution >= 4 is 27.5 Å². The molecule has 0 bridgehead atoms. The highest BCUT2D eigenvalue weighted by atomic mass is 79.9. The monoisotopic (exact) mass is 355 g/mol. The molecular weight excluding hydrogens is 330 g/mol. The topological polar surface area (TPSA) is 44.4 Å². The molecule has 0 radical (unpaired) electrons. The summed E-state index contributed by atoms with van der Waals surface area (Å²) in [7, 11) is 1.94. The van der Waals surface area contributed by atoms with Gasteiger partial charge in [0.25, 0.3) is 0 Å². The highest BCUT2D eigenvalue weighted by Gasteiger charge is 2.14. The number of hydrogen-bond donors (Lipinski definition) is 2. The van der Waals surface area contributed by atoms with Crippen LogP contribution in [0, 0.1) is 0 Å². The Hall–Kier alpha value is -1.07. The molecule has 0 heterocycles. The Morgan fingerprint density at radius 3 is 2.57 bits per heavy atom. The minimum Gasteiger partial charge on any atom is -0.365 e. The van der Waals surface area contributed by atoms with Gasteiger partial charge in [-0.25, -0.2) is 0 Å².